The molecular weight excluding hydrogens is 427 g/mol. The minimum Gasteiger partial charge on any atom is -0.370 e. The fourth-order valence-electron chi connectivity index (χ4n) is 3.76. The number of pyridine rings is 1. The van der Waals surface area contributed by atoms with Crippen molar-refractivity contribution < 1.29 is 8.42 Å². The summed E-state index contributed by atoms with van der Waals surface area (Å²) in [5.74, 6) is 0.624. The zero-order chi connectivity index (χ0) is 20.8. The number of hydrogen-bond acceptors (Lipinski definition) is 4. The van der Waals surface area contributed by atoms with Gasteiger partial charge in [-0.1, -0.05) is 36.2 Å². The van der Waals surface area contributed by atoms with Crippen LogP contribution in [-0.2, 0) is 9.84 Å². The Bertz CT molecular complexity index is 1190. The third-order valence-corrected chi connectivity index (χ3v) is 8.01. The lowest BCUT2D eigenvalue weighted by Crippen LogP contribution is -2.34. The highest BCUT2D eigenvalue weighted by Crippen LogP contribution is 2.39. The predicted molar refractivity (Wildman–Crippen MR) is 119 cm³/mol. The topological polar surface area (TPSA) is 50.3 Å². The van der Waals surface area contributed by atoms with Crippen LogP contribution in [-0.4, -0.2) is 26.5 Å². The summed E-state index contributed by atoms with van der Waals surface area (Å²) in [5, 5.41) is 1.74. The molecule has 2 heterocycles. The van der Waals surface area contributed by atoms with Crippen LogP contribution < -0.4 is 4.90 Å². The number of halogens is 2. The molecule has 4 nitrogen and oxygen atoms in total. The third-order valence-electron chi connectivity index (χ3n) is 5.61. The van der Waals surface area contributed by atoms with Crippen LogP contribution in [0.3, 0.4) is 0 Å². The summed E-state index contributed by atoms with van der Waals surface area (Å²) in [4.78, 5) is 6.95. The fraction of sp³-hybridized carbons (Fsp3) is 0.318. The van der Waals surface area contributed by atoms with Gasteiger partial charge in [0.2, 0.25) is 9.84 Å². The minimum atomic E-state index is -3.81. The number of piperidine rings is 1. The van der Waals surface area contributed by atoms with Gasteiger partial charge in [-0.15, -0.1) is 0 Å². The van der Waals surface area contributed by atoms with Crippen molar-refractivity contribution in [2.24, 2.45) is 5.92 Å². The molecule has 2 aromatic carbocycles. The molecule has 3 aromatic rings. The van der Waals surface area contributed by atoms with Crippen LogP contribution in [0.25, 0.3) is 10.9 Å². The zero-order valence-electron chi connectivity index (χ0n) is 16.3. The standard InChI is InChI=1S/C22H22Cl2N2O2S/c1-14-7-9-26(10-8-14)22-18-11-16(23)4-6-20(18)25-13-21(22)29(27,28)17-5-3-15(2)19(24)12-17/h3-6,11-14H,7-10H2,1-2H3. The van der Waals surface area contributed by atoms with Gasteiger partial charge in [-0.2, -0.15) is 0 Å². The summed E-state index contributed by atoms with van der Waals surface area (Å²) in [6.07, 6.45) is 3.49. The second kappa shape index (κ2) is 7.78. The average Bonchev–Trinajstić information content (AvgIpc) is 2.69. The van der Waals surface area contributed by atoms with Crippen LogP contribution in [0.2, 0.25) is 10.0 Å². The van der Waals surface area contributed by atoms with Crippen LogP contribution in [0.1, 0.15) is 25.3 Å². The Labute approximate surface area is 181 Å². The highest BCUT2D eigenvalue weighted by Gasteiger charge is 2.29. The van der Waals surface area contributed by atoms with Crippen molar-refractivity contribution in [2.45, 2.75) is 36.5 Å². The number of anilines is 1. The van der Waals surface area contributed by atoms with E-state index in [4.69, 9.17) is 23.2 Å². The second-order valence-corrected chi connectivity index (χ2v) is 10.5. The maximum atomic E-state index is 13.6. The molecule has 0 bridgehead atoms. The summed E-state index contributed by atoms with van der Waals surface area (Å²) in [6, 6.07) is 10.2. The lowest BCUT2D eigenvalue weighted by Gasteiger charge is -2.34. The van der Waals surface area contributed by atoms with Crippen molar-refractivity contribution in [1.29, 1.82) is 0 Å². The van der Waals surface area contributed by atoms with E-state index in [-0.39, 0.29) is 9.79 Å². The average molecular weight is 449 g/mol. The van der Waals surface area contributed by atoms with Crippen molar-refractivity contribution in [1.82, 2.24) is 4.98 Å². The Morgan fingerprint density at radius 3 is 2.48 bits per heavy atom. The molecule has 0 N–H and O–H groups in total. The van der Waals surface area contributed by atoms with Crippen LogP contribution in [0.5, 0.6) is 0 Å². The van der Waals surface area contributed by atoms with Gasteiger partial charge in [0.05, 0.1) is 16.1 Å². The molecule has 1 aromatic heterocycles. The van der Waals surface area contributed by atoms with Crippen LogP contribution in [0.15, 0.2) is 52.4 Å². The highest BCUT2D eigenvalue weighted by molar-refractivity contribution is 7.91. The smallest absolute Gasteiger partial charge is 0.210 e. The van der Waals surface area contributed by atoms with Crippen molar-refractivity contribution in [2.75, 3.05) is 18.0 Å². The van der Waals surface area contributed by atoms with Crippen molar-refractivity contribution >= 4 is 49.6 Å². The minimum absolute atomic E-state index is 0.169. The van der Waals surface area contributed by atoms with E-state index in [9.17, 15) is 8.42 Å². The van der Waals surface area contributed by atoms with Gasteiger partial charge in [-0.25, -0.2) is 8.42 Å². The van der Waals surface area contributed by atoms with Crippen molar-refractivity contribution in [3.63, 3.8) is 0 Å². The molecule has 0 radical (unpaired) electrons. The largest absolute Gasteiger partial charge is 0.370 e. The van der Waals surface area contributed by atoms with E-state index in [0.717, 1.165) is 42.4 Å². The Morgan fingerprint density at radius 1 is 1.07 bits per heavy atom. The van der Waals surface area contributed by atoms with E-state index >= 15 is 0 Å². The van der Waals surface area contributed by atoms with Gasteiger partial charge in [0.15, 0.2) is 0 Å². The molecule has 0 aliphatic carbocycles. The number of rotatable bonds is 3. The molecule has 1 aliphatic heterocycles. The quantitative estimate of drug-likeness (QED) is 0.498. The molecule has 0 saturated carbocycles. The number of sulfone groups is 1. The maximum Gasteiger partial charge on any atom is 0.210 e. The van der Waals surface area contributed by atoms with Gasteiger partial charge in [-0.3, -0.25) is 4.98 Å². The maximum absolute atomic E-state index is 13.6. The van der Waals surface area contributed by atoms with Gasteiger partial charge in [0.25, 0.3) is 0 Å². The van der Waals surface area contributed by atoms with Crippen LogP contribution in [0, 0.1) is 12.8 Å². The molecule has 0 amide bonds. The first-order valence-corrected chi connectivity index (χ1v) is 11.9. The zero-order valence-corrected chi connectivity index (χ0v) is 18.7. The van der Waals surface area contributed by atoms with Crippen LogP contribution in [0.4, 0.5) is 5.69 Å². The molecular formula is C22H22Cl2N2O2S. The summed E-state index contributed by atoms with van der Waals surface area (Å²) < 4.78 is 27.2. The monoisotopic (exact) mass is 448 g/mol. The number of aryl methyl sites for hydroxylation is 1. The highest BCUT2D eigenvalue weighted by atomic mass is 35.5. The van der Waals surface area contributed by atoms with Crippen molar-refractivity contribution in [3.05, 3.63) is 58.2 Å². The molecule has 152 valence electrons. The molecule has 4 rings (SSSR count). The van der Waals surface area contributed by atoms with Crippen molar-refractivity contribution in [3.8, 4) is 0 Å². The summed E-state index contributed by atoms with van der Waals surface area (Å²) >= 11 is 12.5. The van der Waals surface area contributed by atoms with E-state index in [1.807, 2.05) is 13.0 Å². The molecule has 1 aliphatic rings. The van der Waals surface area contributed by atoms with E-state index in [1.165, 1.54) is 12.3 Å². The molecule has 7 heteroatoms. The van der Waals surface area contributed by atoms with E-state index < -0.39 is 9.84 Å². The molecule has 1 fully saturated rings. The van der Waals surface area contributed by atoms with Gasteiger partial charge >= 0.3 is 0 Å². The summed E-state index contributed by atoms with van der Waals surface area (Å²) in [6.45, 7) is 5.66. The second-order valence-electron chi connectivity index (χ2n) is 7.72. The Morgan fingerprint density at radius 2 is 1.79 bits per heavy atom. The first-order valence-electron chi connectivity index (χ1n) is 9.62. The van der Waals surface area contributed by atoms with Crippen LogP contribution >= 0.6 is 23.2 Å². The molecule has 29 heavy (non-hydrogen) atoms. The summed E-state index contributed by atoms with van der Waals surface area (Å²) in [5.41, 5.74) is 2.24. The SMILES string of the molecule is Cc1ccc(S(=O)(=O)c2cnc3ccc(Cl)cc3c2N2CCC(C)CC2)cc1Cl. The van der Waals surface area contributed by atoms with E-state index in [2.05, 4.69) is 16.8 Å². The Balaban J connectivity index is 1.96. The summed E-state index contributed by atoms with van der Waals surface area (Å²) in [7, 11) is -3.81. The first kappa shape index (κ1) is 20.5. The Hall–Kier alpha value is -1.82. The number of nitrogens with zero attached hydrogens (tertiary/aromatic N) is 2. The number of hydrogen-bond donors (Lipinski definition) is 0. The third kappa shape index (κ3) is 3.83. The molecule has 0 atom stereocenters. The fourth-order valence-corrected chi connectivity index (χ4v) is 5.63. The number of benzene rings is 2. The number of aromatic nitrogens is 1. The lowest BCUT2D eigenvalue weighted by atomic mass is 9.98. The van der Waals surface area contributed by atoms with Gasteiger partial charge in [0.1, 0.15) is 4.90 Å². The molecule has 0 unspecified atom stereocenters. The predicted octanol–water partition coefficient (Wildman–Crippen LogP) is 5.92. The first-order chi connectivity index (χ1) is 13.8. The Kier molecular flexibility index (Phi) is 5.49. The van der Waals surface area contributed by atoms with E-state index in [0.29, 0.717) is 21.7 Å². The van der Waals surface area contributed by atoms with Gasteiger partial charge in [-0.05, 0) is 61.6 Å². The van der Waals surface area contributed by atoms with Gasteiger partial charge < -0.3 is 4.90 Å². The van der Waals surface area contributed by atoms with E-state index in [1.54, 1.807) is 24.3 Å². The number of fused-ring (bicyclic) bond motifs is 1. The normalized spacial score (nSPS) is 15.8. The molecule has 0 spiro atoms. The van der Waals surface area contributed by atoms with Gasteiger partial charge in [0, 0.05) is 34.7 Å². The molecule has 1 saturated heterocycles. The lowest BCUT2D eigenvalue weighted by molar-refractivity contribution is 0.437.